The van der Waals surface area contributed by atoms with Gasteiger partial charge in [-0.2, -0.15) is 22.0 Å². The lowest BCUT2D eigenvalue weighted by molar-refractivity contribution is -0.360. The Hall–Kier alpha value is -0.0838. The summed E-state index contributed by atoms with van der Waals surface area (Å²) in [5.41, 5.74) is 0. The standard InChI is InChI=1S/C8H4BrF5O.Mg.2H/c9-5-1-3-6(4-2-5)15-8(13,14)7(10,11)12;;;/h1-4H;;;. The lowest BCUT2D eigenvalue weighted by Crippen LogP contribution is -2.41. The predicted octanol–water partition coefficient (Wildman–Crippen LogP) is 3.07. The zero-order valence-electron chi connectivity index (χ0n) is 6.99. The normalized spacial score (nSPS) is 11.9. The third kappa shape index (κ3) is 4.06. The molecule has 1 aromatic carbocycles. The van der Waals surface area contributed by atoms with Crippen LogP contribution in [0.15, 0.2) is 28.7 Å². The van der Waals surface area contributed by atoms with E-state index in [1.54, 1.807) is 0 Å². The van der Waals surface area contributed by atoms with Crippen molar-refractivity contribution in [2.24, 2.45) is 0 Å². The van der Waals surface area contributed by atoms with Crippen molar-refractivity contribution in [2.45, 2.75) is 12.3 Å². The molecule has 0 unspecified atom stereocenters. The smallest absolute Gasteiger partial charge is 0.426 e. The Morgan fingerprint density at radius 3 is 1.75 bits per heavy atom. The van der Waals surface area contributed by atoms with Gasteiger partial charge >= 0.3 is 35.3 Å². The molecule has 1 rings (SSSR count). The molecule has 0 radical (unpaired) electrons. The number of halogens is 6. The van der Waals surface area contributed by atoms with Gasteiger partial charge in [0.1, 0.15) is 5.75 Å². The van der Waals surface area contributed by atoms with Crippen LogP contribution in [-0.4, -0.2) is 35.3 Å². The SMILES string of the molecule is FC(F)(F)C(F)(F)Oc1ccc(Br)cc1.[MgH2]. The van der Waals surface area contributed by atoms with E-state index in [0.29, 0.717) is 4.47 Å². The number of rotatable bonds is 2. The summed E-state index contributed by atoms with van der Waals surface area (Å²) in [4.78, 5) is 0. The monoisotopic (exact) mass is 316 g/mol. The second-order valence-corrected chi connectivity index (χ2v) is 3.49. The predicted molar refractivity (Wildman–Crippen MR) is 54.3 cm³/mol. The molecule has 0 spiro atoms. The zero-order valence-corrected chi connectivity index (χ0v) is 8.57. The molecule has 0 amide bonds. The van der Waals surface area contributed by atoms with Gasteiger partial charge in [0.25, 0.3) is 0 Å². The van der Waals surface area contributed by atoms with Crippen LogP contribution in [0.25, 0.3) is 0 Å². The Labute approximate surface area is 112 Å². The van der Waals surface area contributed by atoms with Gasteiger partial charge in [0, 0.05) is 4.47 Å². The van der Waals surface area contributed by atoms with E-state index in [4.69, 9.17) is 0 Å². The number of hydrogen-bond donors (Lipinski definition) is 0. The van der Waals surface area contributed by atoms with E-state index in [-0.39, 0.29) is 23.1 Å². The van der Waals surface area contributed by atoms with E-state index in [2.05, 4.69) is 20.7 Å². The average Bonchev–Trinajstić information content (AvgIpc) is 2.06. The van der Waals surface area contributed by atoms with Crippen LogP contribution in [0.4, 0.5) is 22.0 Å². The molecule has 0 atom stereocenters. The van der Waals surface area contributed by atoms with E-state index in [1.165, 1.54) is 12.1 Å². The first-order valence-electron chi connectivity index (χ1n) is 3.61. The van der Waals surface area contributed by atoms with Gasteiger partial charge in [0.2, 0.25) is 0 Å². The van der Waals surface area contributed by atoms with Gasteiger partial charge in [-0.3, -0.25) is 0 Å². The van der Waals surface area contributed by atoms with E-state index < -0.39 is 18.0 Å². The van der Waals surface area contributed by atoms with Crippen molar-refractivity contribution < 1.29 is 26.7 Å². The minimum absolute atomic E-state index is 0. The van der Waals surface area contributed by atoms with Crippen molar-refractivity contribution in [3.8, 4) is 5.75 Å². The van der Waals surface area contributed by atoms with E-state index in [0.717, 1.165) is 12.1 Å². The van der Waals surface area contributed by atoms with Gasteiger partial charge in [0.15, 0.2) is 0 Å². The van der Waals surface area contributed by atoms with E-state index >= 15 is 0 Å². The van der Waals surface area contributed by atoms with Crippen LogP contribution in [0.1, 0.15) is 0 Å². The summed E-state index contributed by atoms with van der Waals surface area (Å²) in [6.45, 7) is 0. The van der Waals surface area contributed by atoms with Crippen molar-refractivity contribution in [1.29, 1.82) is 0 Å². The second-order valence-electron chi connectivity index (χ2n) is 2.57. The minimum atomic E-state index is -5.72. The maximum Gasteiger partial charge on any atom is 0.499 e. The summed E-state index contributed by atoms with van der Waals surface area (Å²) in [7, 11) is 0. The molecule has 0 bridgehead atoms. The molecule has 0 aliphatic rings. The first-order valence-corrected chi connectivity index (χ1v) is 4.41. The number of alkyl halides is 5. The molecule has 0 saturated heterocycles. The molecule has 0 saturated carbocycles. The summed E-state index contributed by atoms with van der Waals surface area (Å²) in [6.07, 6.45) is -10.9. The number of benzene rings is 1. The molecule has 0 aliphatic carbocycles. The quantitative estimate of drug-likeness (QED) is 0.602. The molecule has 0 fully saturated rings. The molecule has 0 aromatic heterocycles. The summed E-state index contributed by atoms with van der Waals surface area (Å²) in [5, 5.41) is 0. The third-order valence-electron chi connectivity index (χ3n) is 1.39. The molecule has 8 heteroatoms. The Morgan fingerprint density at radius 2 is 1.38 bits per heavy atom. The largest absolute Gasteiger partial charge is 0.499 e. The molecule has 1 nitrogen and oxygen atoms in total. The highest BCUT2D eigenvalue weighted by molar-refractivity contribution is 9.10. The van der Waals surface area contributed by atoms with Crippen molar-refractivity contribution in [2.75, 3.05) is 0 Å². The molecule has 0 N–H and O–H groups in total. The summed E-state index contributed by atoms with van der Waals surface area (Å²) in [6, 6.07) is 4.59. The van der Waals surface area contributed by atoms with Gasteiger partial charge < -0.3 is 4.74 Å². The Bertz CT molecular complexity index is 337. The maximum atomic E-state index is 12.4. The van der Waals surface area contributed by atoms with Gasteiger partial charge in [-0.25, -0.2) is 0 Å². The van der Waals surface area contributed by atoms with Crippen LogP contribution < -0.4 is 4.74 Å². The summed E-state index contributed by atoms with van der Waals surface area (Å²) < 4.78 is 63.9. The van der Waals surface area contributed by atoms with E-state index in [9.17, 15) is 22.0 Å². The van der Waals surface area contributed by atoms with Crippen LogP contribution in [0.5, 0.6) is 5.75 Å². The van der Waals surface area contributed by atoms with Crippen molar-refractivity contribution >= 4 is 39.0 Å². The fourth-order valence-electron chi connectivity index (χ4n) is 0.709. The Balaban J connectivity index is 0.00000225. The van der Waals surface area contributed by atoms with Crippen LogP contribution in [-0.2, 0) is 0 Å². The molecular formula is C8H6BrF5MgO. The first kappa shape index (κ1) is 15.9. The van der Waals surface area contributed by atoms with Crippen LogP contribution >= 0.6 is 15.9 Å². The van der Waals surface area contributed by atoms with Gasteiger partial charge in [-0.15, -0.1) is 0 Å². The Morgan fingerprint density at radius 1 is 0.938 bits per heavy atom. The number of ether oxygens (including phenoxy) is 1. The molecule has 16 heavy (non-hydrogen) atoms. The van der Waals surface area contributed by atoms with Crippen LogP contribution in [0, 0.1) is 0 Å². The van der Waals surface area contributed by atoms with Gasteiger partial charge in [-0.05, 0) is 24.3 Å². The fourth-order valence-corrected chi connectivity index (χ4v) is 0.973. The van der Waals surface area contributed by atoms with Gasteiger partial charge in [-0.1, -0.05) is 15.9 Å². The third-order valence-corrected chi connectivity index (χ3v) is 1.92. The fraction of sp³-hybridized carbons (Fsp3) is 0.250. The first-order chi connectivity index (χ1) is 6.72. The average molecular weight is 317 g/mol. The summed E-state index contributed by atoms with van der Waals surface area (Å²) in [5.74, 6) is -0.555. The molecule has 0 aliphatic heterocycles. The minimum Gasteiger partial charge on any atom is -0.426 e. The molecule has 88 valence electrons. The summed E-state index contributed by atoms with van der Waals surface area (Å²) >= 11 is 3.00. The lowest BCUT2D eigenvalue weighted by atomic mass is 10.3. The van der Waals surface area contributed by atoms with Gasteiger partial charge in [0.05, 0.1) is 0 Å². The van der Waals surface area contributed by atoms with Crippen molar-refractivity contribution in [1.82, 2.24) is 0 Å². The lowest BCUT2D eigenvalue weighted by Gasteiger charge is -2.19. The highest BCUT2D eigenvalue weighted by Gasteiger charge is 2.61. The van der Waals surface area contributed by atoms with Crippen LogP contribution in [0.3, 0.4) is 0 Å². The zero-order chi connectivity index (χ0) is 11.7. The highest BCUT2D eigenvalue weighted by Crippen LogP contribution is 2.37. The Kier molecular flexibility index (Phi) is 5.47. The number of hydrogen-bond acceptors (Lipinski definition) is 1. The molecule has 0 heterocycles. The van der Waals surface area contributed by atoms with E-state index in [1.807, 2.05) is 0 Å². The second kappa shape index (κ2) is 5.50. The topological polar surface area (TPSA) is 9.23 Å². The molecule has 1 aromatic rings. The van der Waals surface area contributed by atoms with Crippen molar-refractivity contribution in [3.05, 3.63) is 28.7 Å². The van der Waals surface area contributed by atoms with Crippen molar-refractivity contribution in [3.63, 3.8) is 0 Å². The molecular weight excluding hydrogens is 311 g/mol. The highest BCUT2D eigenvalue weighted by atomic mass is 79.9. The maximum absolute atomic E-state index is 12.4. The van der Waals surface area contributed by atoms with Crippen LogP contribution in [0.2, 0.25) is 0 Å².